The molecule has 13 heavy (non-hydrogen) atoms. The largest absolute Gasteiger partial charge is 0.365 e. The number of rotatable bonds is 2. The monoisotopic (exact) mass is 173 g/mol. The number of nitrogens with zero attached hydrogens (tertiary/aromatic N) is 1. The average molecular weight is 173 g/mol. The van der Waals surface area contributed by atoms with E-state index in [9.17, 15) is 0 Å². The second kappa shape index (κ2) is 3.25. The molecule has 2 rings (SSSR count). The van der Waals surface area contributed by atoms with Gasteiger partial charge in [0.1, 0.15) is 0 Å². The van der Waals surface area contributed by atoms with E-state index in [2.05, 4.69) is 42.7 Å². The van der Waals surface area contributed by atoms with Crippen LogP contribution < -0.4 is 4.90 Å². The van der Waals surface area contributed by atoms with Crippen molar-refractivity contribution in [3.63, 3.8) is 0 Å². The molecule has 1 atom stereocenters. The van der Waals surface area contributed by atoms with Gasteiger partial charge >= 0.3 is 0 Å². The van der Waals surface area contributed by atoms with Gasteiger partial charge in [-0.3, -0.25) is 0 Å². The summed E-state index contributed by atoms with van der Waals surface area (Å²) in [7, 11) is 0. The molecule has 1 unspecified atom stereocenters. The van der Waals surface area contributed by atoms with E-state index in [4.69, 9.17) is 0 Å². The fourth-order valence-corrected chi connectivity index (χ4v) is 2.05. The molecule has 0 saturated heterocycles. The van der Waals surface area contributed by atoms with Gasteiger partial charge in [0.05, 0.1) is 0 Å². The Labute approximate surface area is 79.7 Å². The molecule has 0 aromatic heterocycles. The van der Waals surface area contributed by atoms with E-state index in [0.717, 1.165) is 6.54 Å². The number of fused-ring (bicyclic) bond motifs is 1. The first-order valence-electron chi connectivity index (χ1n) is 4.78. The molecule has 0 fully saturated rings. The minimum Gasteiger partial charge on any atom is -0.365 e. The summed E-state index contributed by atoms with van der Waals surface area (Å²) in [6.07, 6.45) is 3.14. The molecule has 0 bridgehead atoms. The van der Waals surface area contributed by atoms with E-state index in [1.807, 2.05) is 6.08 Å². The summed E-state index contributed by atoms with van der Waals surface area (Å²) in [6, 6.07) is 9.25. The van der Waals surface area contributed by atoms with Crippen molar-refractivity contribution in [2.45, 2.75) is 19.4 Å². The maximum absolute atomic E-state index is 3.79. The van der Waals surface area contributed by atoms with Gasteiger partial charge in [0.2, 0.25) is 0 Å². The number of anilines is 1. The SMILES string of the molecule is C=CCN1c2ccccc2CC1C. The molecule has 0 radical (unpaired) electrons. The highest BCUT2D eigenvalue weighted by molar-refractivity contribution is 5.59. The van der Waals surface area contributed by atoms with E-state index in [1.54, 1.807) is 0 Å². The average Bonchev–Trinajstić information content (AvgIpc) is 2.44. The highest BCUT2D eigenvalue weighted by atomic mass is 15.2. The number of para-hydroxylation sites is 1. The van der Waals surface area contributed by atoms with Gasteiger partial charge in [-0.1, -0.05) is 24.3 Å². The molecule has 0 N–H and O–H groups in total. The van der Waals surface area contributed by atoms with Crippen molar-refractivity contribution >= 4 is 5.69 Å². The first-order chi connectivity index (χ1) is 6.33. The van der Waals surface area contributed by atoms with Gasteiger partial charge in [0.25, 0.3) is 0 Å². The maximum Gasteiger partial charge on any atom is 0.0404 e. The lowest BCUT2D eigenvalue weighted by molar-refractivity contribution is 0.707. The Kier molecular flexibility index (Phi) is 2.09. The van der Waals surface area contributed by atoms with Gasteiger partial charge in [0.15, 0.2) is 0 Å². The van der Waals surface area contributed by atoms with Crippen LogP contribution in [0.2, 0.25) is 0 Å². The summed E-state index contributed by atoms with van der Waals surface area (Å²) >= 11 is 0. The second-order valence-electron chi connectivity index (χ2n) is 3.62. The Morgan fingerprint density at radius 2 is 2.31 bits per heavy atom. The maximum atomic E-state index is 3.79. The third kappa shape index (κ3) is 1.35. The first kappa shape index (κ1) is 8.36. The zero-order chi connectivity index (χ0) is 9.26. The molecule has 1 nitrogen and oxygen atoms in total. The smallest absolute Gasteiger partial charge is 0.0404 e. The first-order valence-corrected chi connectivity index (χ1v) is 4.78. The standard InChI is InChI=1S/C12H15N/c1-3-8-13-10(2)9-11-6-4-5-7-12(11)13/h3-7,10H,1,8-9H2,2H3. The topological polar surface area (TPSA) is 3.24 Å². The molecule has 1 heterocycles. The third-order valence-electron chi connectivity index (χ3n) is 2.67. The van der Waals surface area contributed by atoms with Gasteiger partial charge in [-0.25, -0.2) is 0 Å². The molecule has 1 aliphatic rings. The Balaban J connectivity index is 2.34. The van der Waals surface area contributed by atoms with Gasteiger partial charge in [-0.2, -0.15) is 0 Å². The Morgan fingerprint density at radius 1 is 1.54 bits per heavy atom. The van der Waals surface area contributed by atoms with Crippen LogP contribution in [0.3, 0.4) is 0 Å². The van der Waals surface area contributed by atoms with Gasteiger partial charge in [-0.15, -0.1) is 6.58 Å². The van der Waals surface area contributed by atoms with E-state index < -0.39 is 0 Å². The Bertz CT molecular complexity index is 317. The van der Waals surface area contributed by atoms with Gasteiger partial charge in [-0.05, 0) is 25.0 Å². The summed E-state index contributed by atoms with van der Waals surface area (Å²) in [5.41, 5.74) is 2.85. The van der Waals surface area contributed by atoms with Crippen LogP contribution in [0.1, 0.15) is 12.5 Å². The molecule has 0 aliphatic carbocycles. The van der Waals surface area contributed by atoms with Gasteiger partial charge < -0.3 is 4.90 Å². The lowest BCUT2D eigenvalue weighted by Gasteiger charge is -2.22. The third-order valence-corrected chi connectivity index (χ3v) is 2.67. The summed E-state index contributed by atoms with van der Waals surface area (Å²) in [5, 5.41) is 0. The van der Waals surface area contributed by atoms with E-state index in [0.29, 0.717) is 6.04 Å². The van der Waals surface area contributed by atoms with Crippen molar-refractivity contribution in [2.75, 3.05) is 11.4 Å². The van der Waals surface area contributed by atoms with Crippen LogP contribution >= 0.6 is 0 Å². The van der Waals surface area contributed by atoms with Crippen LogP contribution in [0, 0.1) is 0 Å². The van der Waals surface area contributed by atoms with Crippen LogP contribution in [0.15, 0.2) is 36.9 Å². The van der Waals surface area contributed by atoms with E-state index >= 15 is 0 Å². The molecule has 0 spiro atoms. The normalized spacial score (nSPS) is 20.1. The molecule has 0 amide bonds. The van der Waals surface area contributed by atoms with Crippen LogP contribution in [0.25, 0.3) is 0 Å². The summed E-state index contributed by atoms with van der Waals surface area (Å²) in [5.74, 6) is 0. The molecule has 0 saturated carbocycles. The summed E-state index contributed by atoms with van der Waals surface area (Å²) < 4.78 is 0. The molecule has 1 aromatic rings. The van der Waals surface area contributed by atoms with E-state index in [-0.39, 0.29) is 0 Å². The number of hydrogen-bond acceptors (Lipinski definition) is 1. The summed E-state index contributed by atoms with van der Waals surface area (Å²) in [6.45, 7) is 7.01. The molecule has 1 aromatic carbocycles. The molecule has 1 heteroatoms. The van der Waals surface area contributed by atoms with E-state index in [1.165, 1.54) is 17.7 Å². The fourth-order valence-electron chi connectivity index (χ4n) is 2.05. The predicted molar refractivity (Wildman–Crippen MR) is 57.2 cm³/mol. The van der Waals surface area contributed by atoms with Crippen LogP contribution in [0.4, 0.5) is 5.69 Å². The minimum absolute atomic E-state index is 0.621. The second-order valence-corrected chi connectivity index (χ2v) is 3.62. The highest BCUT2D eigenvalue weighted by Crippen LogP contribution is 2.31. The van der Waals surface area contributed by atoms with Crippen molar-refractivity contribution < 1.29 is 0 Å². The molecule has 1 aliphatic heterocycles. The van der Waals surface area contributed by atoms with Crippen molar-refractivity contribution in [3.05, 3.63) is 42.5 Å². The Morgan fingerprint density at radius 3 is 3.08 bits per heavy atom. The number of hydrogen-bond donors (Lipinski definition) is 0. The number of benzene rings is 1. The van der Waals surface area contributed by atoms with Gasteiger partial charge in [0, 0.05) is 18.3 Å². The quantitative estimate of drug-likeness (QED) is 0.621. The van der Waals surface area contributed by atoms with Crippen molar-refractivity contribution in [1.29, 1.82) is 0 Å². The molecular formula is C12H15N. The lowest BCUT2D eigenvalue weighted by atomic mass is 10.1. The predicted octanol–water partition coefficient (Wildman–Crippen LogP) is 2.62. The zero-order valence-corrected chi connectivity index (χ0v) is 8.03. The van der Waals surface area contributed by atoms with Crippen LogP contribution in [-0.2, 0) is 6.42 Å². The van der Waals surface area contributed by atoms with Crippen molar-refractivity contribution in [2.24, 2.45) is 0 Å². The molecular weight excluding hydrogens is 158 g/mol. The van der Waals surface area contributed by atoms with Crippen molar-refractivity contribution in [1.82, 2.24) is 0 Å². The molecule has 68 valence electrons. The van der Waals surface area contributed by atoms with Crippen LogP contribution in [0.5, 0.6) is 0 Å². The van der Waals surface area contributed by atoms with Crippen molar-refractivity contribution in [3.8, 4) is 0 Å². The lowest BCUT2D eigenvalue weighted by Crippen LogP contribution is -2.29. The summed E-state index contributed by atoms with van der Waals surface area (Å²) in [4.78, 5) is 2.41. The minimum atomic E-state index is 0.621. The van der Waals surface area contributed by atoms with Crippen LogP contribution in [-0.4, -0.2) is 12.6 Å². The highest BCUT2D eigenvalue weighted by Gasteiger charge is 2.23. The Hall–Kier alpha value is -1.24. The fraction of sp³-hybridized carbons (Fsp3) is 0.333. The zero-order valence-electron chi connectivity index (χ0n) is 8.03.